The molecule has 94 valence electrons. The van der Waals surface area contributed by atoms with E-state index in [-0.39, 0.29) is 5.78 Å². The minimum absolute atomic E-state index is 0.0357. The number of carbonyl (C=O) groups is 1. The normalized spacial score (nSPS) is 11.4. The number of likely N-dealkylation sites (N-methyl/N-ethyl adjacent to an activating group) is 1. The summed E-state index contributed by atoms with van der Waals surface area (Å²) >= 11 is 3.39. The van der Waals surface area contributed by atoms with Gasteiger partial charge >= 0.3 is 0 Å². The smallest absolute Gasteiger partial charge is 0.160 e. The fourth-order valence-corrected chi connectivity index (χ4v) is 2.34. The molecule has 0 unspecified atom stereocenters. The Morgan fingerprint density at radius 2 is 2.06 bits per heavy atom. The minimum Gasteiger partial charge on any atom is -0.389 e. The molecule has 0 saturated carbocycles. The van der Waals surface area contributed by atoms with Crippen LogP contribution in [0.3, 0.4) is 0 Å². The summed E-state index contributed by atoms with van der Waals surface area (Å²) in [5, 5.41) is 9.75. The van der Waals surface area contributed by atoms with Crippen molar-refractivity contribution in [3.63, 3.8) is 0 Å². The van der Waals surface area contributed by atoms with Gasteiger partial charge in [-0.2, -0.15) is 0 Å². The summed E-state index contributed by atoms with van der Waals surface area (Å²) in [7, 11) is 1.91. The first kappa shape index (κ1) is 14.2. The third kappa shape index (κ3) is 4.13. The number of hydrogen-bond acceptors (Lipinski definition) is 3. The lowest BCUT2D eigenvalue weighted by Gasteiger charge is -2.27. The highest BCUT2D eigenvalue weighted by Crippen LogP contribution is 2.24. The lowest BCUT2D eigenvalue weighted by atomic mass is 10.1. The van der Waals surface area contributed by atoms with Crippen LogP contribution in [-0.2, 0) is 0 Å². The van der Waals surface area contributed by atoms with E-state index >= 15 is 0 Å². The summed E-state index contributed by atoms with van der Waals surface area (Å²) in [6.45, 7) is 5.60. The summed E-state index contributed by atoms with van der Waals surface area (Å²) in [5.74, 6) is 0.0357. The fourth-order valence-electron chi connectivity index (χ4n) is 1.70. The van der Waals surface area contributed by atoms with E-state index < -0.39 is 5.60 Å². The van der Waals surface area contributed by atoms with Gasteiger partial charge in [-0.15, -0.1) is 0 Å². The van der Waals surface area contributed by atoms with Crippen LogP contribution in [0, 0.1) is 0 Å². The molecule has 1 aromatic carbocycles. The van der Waals surface area contributed by atoms with Gasteiger partial charge in [0, 0.05) is 29.3 Å². The molecule has 0 heterocycles. The number of Topliss-reactive ketones (excluding diaryl/α,β-unsaturated/α-hetero) is 1. The van der Waals surface area contributed by atoms with Gasteiger partial charge in [0.15, 0.2) is 5.78 Å². The van der Waals surface area contributed by atoms with E-state index in [1.807, 2.05) is 24.1 Å². The average Bonchev–Trinajstić information content (AvgIpc) is 2.14. The van der Waals surface area contributed by atoms with Crippen molar-refractivity contribution in [1.29, 1.82) is 0 Å². The molecule has 0 aliphatic carbocycles. The zero-order valence-corrected chi connectivity index (χ0v) is 12.2. The van der Waals surface area contributed by atoms with Gasteiger partial charge in [0.05, 0.1) is 5.60 Å². The maximum Gasteiger partial charge on any atom is 0.160 e. The van der Waals surface area contributed by atoms with Crippen LogP contribution in [0.2, 0.25) is 0 Å². The lowest BCUT2D eigenvalue weighted by Crippen LogP contribution is -2.36. The predicted molar refractivity (Wildman–Crippen MR) is 73.7 cm³/mol. The molecule has 17 heavy (non-hydrogen) atoms. The summed E-state index contributed by atoms with van der Waals surface area (Å²) in [4.78, 5) is 13.2. The van der Waals surface area contributed by atoms with E-state index in [0.717, 1.165) is 10.2 Å². The Bertz CT molecular complexity index is 424. The van der Waals surface area contributed by atoms with E-state index in [2.05, 4.69) is 15.9 Å². The molecule has 1 rings (SSSR count). The van der Waals surface area contributed by atoms with E-state index in [9.17, 15) is 9.90 Å². The predicted octanol–water partition coefficient (Wildman–Crippen LogP) is 2.86. The standard InChI is InChI=1S/C13H18BrNO2/c1-9(16)11-6-5-10(7-12(11)14)15(4)8-13(2,3)17/h5-7,17H,8H2,1-4H3. The molecular weight excluding hydrogens is 282 g/mol. The molecule has 1 aromatic rings. The van der Waals surface area contributed by atoms with E-state index in [0.29, 0.717) is 12.1 Å². The largest absolute Gasteiger partial charge is 0.389 e. The number of halogens is 1. The number of anilines is 1. The number of hydrogen-bond donors (Lipinski definition) is 1. The van der Waals surface area contributed by atoms with Crippen LogP contribution in [0.5, 0.6) is 0 Å². The number of rotatable bonds is 4. The van der Waals surface area contributed by atoms with Crippen molar-refractivity contribution in [2.45, 2.75) is 26.4 Å². The maximum atomic E-state index is 11.3. The van der Waals surface area contributed by atoms with Gasteiger partial charge in [-0.05, 0) is 54.9 Å². The quantitative estimate of drug-likeness (QED) is 0.869. The SMILES string of the molecule is CC(=O)c1ccc(N(C)CC(C)(C)O)cc1Br. The van der Waals surface area contributed by atoms with Crippen LogP contribution in [0.25, 0.3) is 0 Å². The summed E-state index contributed by atoms with van der Waals surface area (Å²) < 4.78 is 0.782. The highest BCUT2D eigenvalue weighted by molar-refractivity contribution is 9.10. The highest BCUT2D eigenvalue weighted by Gasteiger charge is 2.16. The summed E-state index contributed by atoms with van der Waals surface area (Å²) in [6.07, 6.45) is 0. The number of carbonyl (C=O) groups excluding carboxylic acids is 1. The number of nitrogens with zero attached hydrogens (tertiary/aromatic N) is 1. The second-order valence-corrected chi connectivity index (χ2v) is 5.74. The number of aliphatic hydroxyl groups is 1. The van der Waals surface area contributed by atoms with Gasteiger partial charge in [0.1, 0.15) is 0 Å². The van der Waals surface area contributed by atoms with Gasteiger partial charge < -0.3 is 10.0 Å². The molecule has 0 fully saturated rings. The first-order valence-electron chi connectivity index (χ1n) is 5.45. The molecule has 0 aliphatic rings. The van der Waals surface area contributed by atoms with E-state index in [4.69, 9.17) is 0 Å². The van der Waals surface area contributed by atoms with Crippen LogP contribution >= 0.6 is 15.9 Å². The Labute approximate surface area is 111 Å². The van der Waals surface area contributed by atoms with Crippen LogP contribution < -0.4 is 4.90 Å². The van der Waals surface area contributed by atoms with Gasteiger partial charge in [0.25, 0.3) is 0 Å². The Kier molecular flexibility index (Phi) is 4.33. The van der Waals surface area contributed by atoms with Crippen LogP contribution in [0.1, 0.15) is 31.1 Å². The second kappa shape index (κ2) is 5.19. The van der Waals surface area contributed by atoms with Gasteiger partial charge in [-0.1, -0.05) is 0 Å². The maximum absolute atomic E-state index is 11.3. The molecule has 0 saturated heterocycles. The van der Waals surface area contributed by atoms with E-state index in [1.54, 1.807) is 26.8 Å². The molecule has 0 aromatic heterocycles. The number of ketones is 1. The molecule has 0 radical (unpaired) electrons. The monoisotopic (exact) mass is 299 g/mol. The molecule has 0 spiro atoms. The molecule has 4 heteroatoms. The van der Waals surface area contributed by atoms with Crippen molar-refractivity contribution in [3.8, 4) is 0 Å². The molecule has 0 amide bonds. The van der Waals surface area contributed by atoms with Crippen molar-refractivity contribution in [2.24, 2.45) is 0 Å². The topological polar surface area (TPSA) is 40.5 Å². The average molecular weight is 300 g/mol. The molecular formula is C13H18BrNO2. The van der Waals surface area contributed by atoms with Crippen molar-refractivity contribution < 1.29 is 9.90 Å². The lowest BCUT2D eigenvalue weighted by molar-refractivity contribution is 0.0885. The van der Waals surface area contributed by atoms with Crippen molar-refractivity contribution in [2.75, 3.05) is 18.5 Å². The van der Waals surface area contributed by atoms with Crippen LogP contribution in [-0.4, -0.2) is 30.1 Å². The Morgan fingerprint density at radius 3 is 2.47 bits per heavy atom. The first-order chi connectivity index (χ1) is 7.70. The van der Waals surface area contributed by atoms with Gasteiger partial charge in [-0.3, -0.25) is 4.79 Å². The fraction of sp³-hybridized carbons (Fsp3) is 0.462. The summed E-state index contributed by atoms with van der Waals surface area (Å²) in [5.41, 5.74) is 0.884. The Hall–Kier alpha value is -0.870. The van der Waals surface area contributed by atoms with Crippen LogP contribution in [0.15, 0.2) is 22.7 Å². The number of benzene rings is 1. The minimum atomic E-state index is -0.750. The molecule has 1 N–H and O–H groups in total. The molecule has 0 aliphatic heterocycles. The second-order valence-electron chi connectivity index (χ2n) is 4.89. The van der Waals surface area contributed by atoms with Gasteiger partial charge in [-0.25, -0.2) is 0 Å². The molecule has 0 atom stereocenters. The van der Waals surface area contributed by atoms with E-state index in [1.165, 1.54) is 0 Å². The Balaban J connectivity index is 2.94. The van der Waals surface area contributed by atoms with Crippen molar-refractivity contribution in [1.82, 2.24) is 0 Å². The Morgan fingerprint density at radius 1 is 1.47 bits per heavy atom. The van der Waals surface area contributed by atoms with Crippen molar-refractivity contribution in [3.05, 3.63) is 28.2 Å². The summed E-state index contributed by atoms with van der Waals surface area (Å²) in [6, 6.07) is 5.57. The molecule has 3 nitrogen and oxygen atoms in total. The zero-order valence-electron chi connectivity index (χ0n) is 10.6. The third-order valence-electron chi connectivity index (χ3n) is 2.40. The highest BCUT2D eigenvalue weighted by atomic mass is 79.9. The van der Waals surface area contributed by atoms with Gasteiger partial charge in [0.2, 0.25) is 0 Å². The third-order valence-corrected chi connectivity index (χ3v) is 3.05. The van der Waals surface area contributed by atoms with Crippen molar-refractivity contribution >= 4 is 27.4 Å². The van der Waals surface area contributed by atoms with Crippen LogP contribution in [0.4, 0.5) is 5.69 Å². The first-order valence-corrected chi connectivity index (χ1v) is 6.24. The zero-order chi connectivity index (χ0) is 13.2. The molecule has 0 bridgehead atoms.